The Bertz CT molecular complexity index is 882. The Morgan fingerprint density at radius 3 is 2.80 bits per heavy atom. The molecule has 2 aromatic heterocycles. The van der Waals surface area contributed by atoms with Gasteiger partial charge in [-0.3, -0.25) is 4.79 Å². The summed E-state index contributed by atoms with van der Waals surface area (Å²) in [5.41, 5.74) is 1.42. The first-order valence-electron chi connectivity index (χ1n) is 7.73. The van der Waals surface area contributed by atoms with Gasteiger partial charge in [-0.2, -0.15) is 23.6 Å². The summed E-state index contributed by atoms with van der Waals surface area (Å²) < 4.78 is 31.1. The lowest BCUT2D eigenvalue weighted by Gasteiger charge is -2.20. The minimum Gasteiger partial charge on any atom is -0.434 e. The number of nitrogens with zero attached hydrogens (tertiary/aromatic N) is 3. The minimum absolute atomic E-state index is 0.0474. The fourth-order valence-corrected chi connectivity index (χ4v) is 2.62. The molecule has 0 aliphatic rings. The number of ether oxygens (including phenoxy) is 1. The van der Waals surface area contributed by atoms with Crippen molar-refractivity contribution in [1.82, 2.24) is 20.1 Å². The van der Waals surface area contributed by atoms with Crippen molar-refractivity contribution in [2.75, 3.05) is 0 Å². The number of para-hydroxylation sites is 1. The van der Waals surface area contributed by atoms with Gasteiger partial charge in [-0.05, 0) is 24.6 Å². The summed E-state index contributed by atoms with van der Waals surface area (Å²) in [5.74, 6) is -0.312. The van der Waals surface area contributed by atoms with Crippen molar-refractivity contribution < 1.29 is 18.3 Å². The van der Waals surface area contributed by atoms with Gasteiger partial charge in [0.05, 0.1) is 17.8 Å². The normalized spacial score (nSPS) is 12.3. The number of hydrogen-bond donors (Lipinski definition) is 1. The molecule has 25 heavy (non-hydrogen) atoms. The van der Waals surface area contributed by atoms with E-state index < -0.39 is 12.7 Å². The van der Waals surface area contributed by atoms with Gasteiger partial charge in [0.15, 0.2) is 0 Å². The van der Waals surface area contributed by atoms with Gasteiger partial charge in [0, 0.05) is 11.8 Å². The molecule has 3 aromatic rings. The second-order valence-electron chi connectivity index (χ2n) is 5.31. The third kappa shape index (κ3) is 3.57. The van der Waals surface area contributed by atoms with Crippen molar-refractivity contribution in [3.05, 3.63) is 59.9 Å². The van der Waals surface area contributed by atoms with Crippen molar-refractivity contribution in [3.8, 4) is 5.75 Å². The van der Waals surface area contributed by atoms with E-state index in [9.17, 15) is 13.6 Å². The molecule has 0 saturated carbocycles. The van der Waals surface area contributed by atoms with E-state index in [2.05, 4.69) is 20.3 Å². The van der Waals surface area contributed by atoms with Crippen LogP contribution in [0.2, 0.25) is 0 Å². The molecule has 1 amide bonds. The molecule has 0 saturated heterocycles. The largest absolute Gasteiger partial charge is 0.434 e. The highest BCUT2D eigenvalue weighted by Crippen LogP contribution is 2.28. The molecular formula is C17H16F2N4O2. The average molecular weight is 346 g/mol. The first-order valence-corrected chi connectivity index (χ1v) is 7.73. The molecule has 6 nitrogen and oxygen atoms in total. The SMILES string of the molecule is CCC(NC(=O)c1cnn2ncccc12)c1ccccc1OC(F)F. The molecule has 1 aromatic carbocycles. The van der Waals surface area contributed by atoms with Crippen LogP contribution in [0.15, 0.2) is 48.8 Å². The van der Waals surface area contributed by atoms with Crippen molar-refractivity contribution in [2.24, 2.45) is 0 Å². The number of carbonyl (C=O) groups excluding carboxylic acids is 1. The quantitative estimate of drug-likeness (QED) is 0.744. The number of halogens is 2. The van der Waals surface area contributed by atoms with E-state index >= 15 is 0 Å². The van der Waals surface area contributed by atoms with Crippen molar-refractivity contribution in [3.63, 3.8) is 0 Å². The zero-order valence-electron chi connectivity index (χ0n) is 13.4. The van der Waals surface area contributed by atoms with Gasteiger partial charge in [0.2, 0.25) is 0 Å². The zero-order chi connectivity index (χ0) is 17.8. The Hall–Kier alpha value is -3.03. The molecule has 130 valence electrons. The molecule has 0 aliphatic carbocycles. The van der Waals surface area contributed by atoms with E-state index in [0.717, 1.165) is 0 Å². The van der Waals surface area contributed by atoms with Crippen LogP contribution < -0.4 is 10.1 Å². The highest BCUT2D eigenvalue weighted by molar-refractivity contribution is 6.00. The van der Waals surface area contributed by atoms with Crippen LogP contribution in [0.5, 0.6) is 5.75 Å². The Balaban J connectivity index is 1.86. The summed E-state index contributed by atoms with van der Waals surface area (Å²) in [5, 5.41) is 10.9. The lowest BCUT2D eigenvalue weighted by atomic mass is 10.0. The summed E-state index contributed by atoms with van der Waals surface area (Å²) >= 11 is 0. The Morgan fingerprint density at radius 2 is 2.04 bits per heavy atom. The first-order chi connectivity index (χ1) is 12.1. The Morgan fingerprint density at radius 1 is 1.24 bits per heavy atom. The third-order valence-electron chi connectivity index (χ3n) is 3.77. The number of nitrogens with one attached hydrogen (secondary N) is 1. The van der Waals surface area contributed by atoms with Crippen molar-refractivity contribution in [1.29, 1.82) is 0 Å². The van der Waals surface area contributed by atoms with Gasteiger partial charge in [-0.15, -0.1) is 0 Å². The molecule has 0 fully saturated rings. The number of benzene rings is 1. The van der Waals surface area contributed by atoms with E-state index in [1.165, 1.54) is 16.9 Å². The maximum absolute atomic E-state index is 12.6. The number of fused-ring (bicyclic) bond motifs is 1. The van der Waals surface area contributed by atoms with Crippen LogP contribution in [0.1, 0.15) is 35.3 Å². The van der Waals surface area contributed by atoms with Crippen LogP contribution in [0.4, 0.5) is 8.78 Å². The smallest absolute Gasteiger partial charge is 0.387 e. The second-order valence-corrected chi connectivity index (χ2v) is 5.31. The van der Waals surface area contributed by atoms with Gasteiger partial charge in [-0.25, -0.2) is 0 Å². The van der Waals surface area contributed by atoms with Gasteiger partial charge in [0.1, 0.15) is 11.3 Å². The molecule has 3 rings (SSSR count). The maximum atomic E-state index is 12.6. The molecule has 0 spiro atoms. The van der Waals surface area contributed by atoms with E-state index in [1.807, 2.05) is 6.92 Å². The molecule has 0 bridgehead atoms. The predicted octanol–water partition coefficient (Wildman–Crippen LogP) is 3.21. The highest BCUT2D eigenvalue weighted by atomic mass is 19.3. The third-order valence-corrected chi connectivity index (χ3v) is 3.77. The van der Waals surface area contributed by atoms with Gasteiger partial charge >= 0.3 is 6.61 Å². The van der Waals surface area contributed by atoms with Crippen LogP contribution in [-0.2, 0) is 0 Å². The van der Waals surface area contributed by atoms with E-state index in [1.54, 1.807) is 36.5 Å². The van der Waals surface area contributed by atoms with E-state index in [4.69, 9.17) is 0 Å². The zero-order valence-corrected chi connectivity index (χ0v) is 13.4. The number of amides is 1. The van der Waals surface area contributed by atoms with Crippen LogP contribution in [0.3, 0.4) is 0 Å². The van der Waals surface area contributed by atoms with E-state index in [-0.39, 0.29) is 11.7 Å². The Labute approximate surface area is 142 Å². The first kappa shape index (κ1) is 16.8. The fraction of sp³-hybridized carbons (Fsp3) is 0.235. The lowest BCUT2D eigenvalue weighted by Crippen LogP contribution is -2.28. The molecule has 2 heterocycles. The average Bonchev–Trinajstić information content (AvgIpc) is 3.04. The highest BCUT2D eigenvalue weighted by Gasteiger charge is 2.21. The maximum Gasteiger partial charge on any atom is 0.387 e. The number of rotatable bonds is 6. The molecule has 1 unspecified atom stereocenters. The molecular weight excluding hydrogens is 330 g/mol. The number of aromatic nitrogens is 3. The van der Waals surface area contributed by atoms with Crippen molar-refractivity contribution >= 4 is 11.4 Å². The molecule has 0 radical (unpaired) electrons. The van der Waals surface area contributed by atoms with E-state index in [0.29, 0.717) is 23.1 Å². The minimum atomic E-state index is -2.93. The fourth-order valence-electron chi connectivity index (χ4n) is 2.62. The second kappa shape index (κ2) is 7.25. The topological polar surface area (TPSA) is 68.5 Å². The molecule has 0 aliphatic heterocycles. The summed E-state index contributed by atoms with van der Waals surface area (Å²) in [4.78, 5) is 12.6. The van der Waals surface area contributed by atoms with Crippen LogP contribution >= 0.6 is 0 Å². The summed E-state index contributed by atoms with van der Waals surface area (Å²) in [6, 6.07) is 9.38. The lowest BCUT2D eigenvalue weighted by molar-refractivity contribution is -0.0506. The van der Waals surface area contributed by atoms with Crippen LogP contribution in [-0.4, -0.2) is 27.3 Å². The van der Waals surface area contributed by atoms with Crippen LogP contribution in [0.25, 0.3) is 5.52 Å². The van der Waals surface area contributed by atoms with Crippen molar-refractivity contribution in [2.45, 2.75) is 26.0 Å². The Kier molecular flexibility index (Phi) is 4.87. The standard InChI is InChI=1S/C17H16F2N4O2/c1-2-13(11-6-3-4-8-15(11)25-17(18)19)22-16(24)12-10-21-23-14(12)7-5-9-20-23/h3-10,13,17H,2H2,1H3,(H,22,24). The predicted molar refractivity (Wildman–Crippen MR) is 86.6 cm³/mol. The van der Waals surface area contributed by atoms with Gasteiger partial charge in [-0.1, -0.05) is 25.1 Å². The molecule has 1 N–H and O–H groups in total. The number of hydrogen-bond acceptors (Lipinski definition) is 4. The summed E-state index contributed by atoms with van der Waals surface area (Å²) in [7, 11) is 0. The van der Waals surface area contributed by atoms with Gasteiger partial charge in [0.25, 0.3) is 5.91 Å². The number of carbonyl (C=O) groups is 1. The summed E-state index contributed by atoms with van der Waals surface area (Å²) in [6.07, 6.45) is 3.49. The number of alkyl halides is 2. The molecule has 8 heteroatoms. The monoisotopic (exact) mass is 346 g/mol. The summed E-state index contributed by atoms with van der Waals surface area (Å²) in [6.45, 7) is -1.08. The van der Waals surface area contributed by atoms with Crippen LogP contribution in [0, 0.1) is 0 Å². The van der Waals surface area contributed by atoms with Gasteiger partial charge < -0.3 is 10.1 Å². The molecule has 1 atom stereocenters.